The molecule has 4 nitrogen and oxygen atoms in total. The highest BCUT2D eigenvalue weighted by Gasteiger charge is 2.39. The summed E-state index contributed by atoms with van der Waals surface area (Å²) in [5.41, 5.74) is 0.603. The van der Waals surface area contributed by atoms with Crippen LogP contribution >= 0.6 is 34.8 Å². The van der Waals surface area contributed by atoms with E-state index in [0.29, 0.717) is 17.5 Å². The van der Waals surface area contributed by atoms with Gasteiger partial charge in [0.15, 0.2) is 0 Å². The molecule has 0 bridgehead atoms. The third-order valence-corrected chi connectivity index (χ3v) is 6.55. The summed E-state index contributed by atoms with van der Waals surface area (Å²) in [6.45, 7) is 1.70. The van der Waals surface area contributed by atoms with E-state index >= 15 is 0 Å². The fourth-order valence-electron chi connectivity index (χ4n) is 3.52. The summed E-state index contributed by atoms with van der Waals surface area (Å²) >= 11 is 17.6. The van der Waals surface area contributed by atoms with Crippen LogP contribution in [0, 0.1) is 6.92 Å². The number of aryl methyl sites for hydroxylation is 1. The van der Waals surface area contributed by atoms with Gasteiger partial charge in [0.05, 0.1) is 21.0 Å². The van der Waals surface area contributed by atoms with Crippen molar-refractivity contribution in [3.8, 4) is 0 Å². The number of carbonyl (C=O) groups excluding carboxylic acids is 2. The topological polar surface area (TPSA) is 58.2 Å². The van der Waals surface area contributed by atoms with E-state index in [1.54, 1.807) is 12.2 Å². The predicted octanol–water partition coefficient (Wildman–Crippen LogP) is 7.89. The Hall–Kier alpha value is -2.43. The lowest BCUT2D eigenvalue weighted by molar-refractivity contribution is -0.139. The molecule has 2 aromatic rings. The molecule has 2 aromatic carbocycles. The van der Waals surface area contributed by atoms with E-state index in [-0.39, 0.29) is 32.6 Å². The number of hydrogen-bond acceptors (Lipinski definition) is 2. The Morgan fingerprint density at radius 1 is 1.00 bits per heavy atom. The maximum atomic E-state index is 13.8. The first-order valence-corrected chi connectivity index (χ1v) is 12.3. The molecule has 0 aliphatic carbocycles. The number of hydrogen-bond donors (Lipinski definition) is 2. The molecule has 2 atom stereocenters. The fourth-order valence-corrected chi connectivity index (χ4v) is 4.13. The lowest BCUT2D eigenvalue weighted by Crippen LogP contribution is -2.48. The number of carbonyl (C=O) groups is 2. The summed E-state index contributed by atoms with van der Waals surface area (Å²) in [5.74, 6) is -3.74. The second kappa shape index (κ2) is 13.1. The van der Waals surface area contributed by atoms with Crippen molar-refractivity contribution < 1.29 is 35.9 Å². The molecule has 0 saturated heterocycles. The minimum atomic E-state index is -4.67. The fraction of sp³-hybridized carbons (Fsp3) is 0.360. The van der Waals surface area contributed by atoms with Crippen molar-refractivity contribution in [2.45, 2.75) is 51.0 Å². The summed E-state index contributed by atoms with van der Waals surface area (Å²) in [5, 5.41) is 3.84. The maximum absolute atomic E-state index is 13.8. The van der Waals surface area contributed by atoms with Crippen LogP contribution in [0.2, 0.25) is 15.1 Å². The molecule has 1 unspecified atom stereocenters. The van der Waals surface area contributed by atoms with E-state index in [1.165, 1.54) is 31.2 Å². The molecule has 0 heterocycles. The van der Waals surface area contributed by atoms with Crippen molar-refractivity contribution in [2.75, 3.05) is 6.54 Å². The zero-order chi connectivity index (χ0) is 28.8. The summed E-state index contributed by atoms with van der Waals surface area (Å²) in [6, 6.07) is 5.16. The number of amides is 2. The van der Waals surface area contributed by atoms with Crippen molar-refractivity contribution in [2.24, 2.45) is 0 Å². The van der Waals surface area contributed by atoms with Gasteiger partial charge in [-0.1, -0.05) is 72.4 Å². The Balaban J connectivity index is 2.24. The van der Waals surface area contributed by atoms with Gasteiger partial charge in [-0.2, -0.15) is 26.3 Å². The van der Waals surface area contributed by atoms with Crippen molar-refractivity contribution in [1.29, 1.82) is 0 Å². The third kappa shape index (κ3) is 9.10. The largest absolute Gasteiger partial charge is 0.405 e. The van der Waals surface area contributed by atoms with Crippen LogP contribution in [0.5, 0.6) is 0 Å². The van der Waals surface area contributed by atoms with E-state index in [9.17, 15) is 35.9 Å². The first-order chi connectivity index (χ1) is 17.5. The van der Waals surface area contributed by atoms with Crippen molar-refractivity contribution in [3.05, 3.63) is 73.7 Å². The van der Waals surface area contributed by atoms with Crippen LogP contribution in [0.3, 0.4) is 0 Å². The lowest BCUT2D eigenvalue weighted by Gasteiger charge is -2.19. The van der Waals surface area contributed by atoms with Gasteiger partial charge in [0.2, 0.25) is 5.91 Å². The first-order valence-electron chi connectivity index (χ1n) is 11.2. The second-order valence-corrected chi connectivity index (χ2v) is 9.59. The summed E-state index contributed by atoms with van der Waals surface area (Å²) in [4.78, 5) is 24.9. The molecule has 13 heteroatoms. The Labute approximate surface area is 230 Å². The highest BCUT2D eigenvalue weighted by molar-refractivity contribution is 6.48. The quantitative estimate of drug-likeness (QED) is 0.226. The van der Waals surface area contributed by atoms with Crippen LogP contribution in [0.25, 0.3) is 6.08 Å². The molecule has 0 radical (unpaired) electrons. The SMILES string of the molecule is CCC[C@@H](NC(=O)c1ccc(/C=C/C(c2cc(Cl)c(Cl)c(Cl)c2)C(F)(F)F)cc1C)C(=O)NCC(F)(F)F. The smallest absolute Gasteiger partial charge is 0.345 e. The molecular weight excluding hydrogens is 581 g/mol. The molecule has 2 N–H and O–H groups in total. The summed E-state index contributed by atoms with van der Waals surface area (Å²) in [7, 11) is 0. The van der Waals surface area contributed by atoms with Crippen molar-refractivity contribution in [3.63, 3.8) is 0 Å². The molecular formula is C25H23Cl3F6N2O2. The van der Waals surface area contributed by atoms with Crippen LogP contribution in [0.15, 0.2) is 36.4 Å². The highest BCUT2D eigenvalue weighted by Crippen LogP contribution is 2.41. The minimum Gasteiger partial charge on any atom is -0.345 e. The monoisotopic (exact) mass is 602 g/mol. The second-order valence-electron chi connectivity index (χ2n) is 8.40. The van der Waals surface area contributed by atoms with Crippen LogP contribution in [-0.2, 0) is 4.79 Å². The third-order valence-electron chi connectivity index (χ3n) is 5.36. The number of alkyl halides is 6. The van der Waals surface area contributed by atoms with Crippen LogP contribution in [-0.4, -0.2) is 36.8 Å². The molecule has 2 amide bonds. The molecule has 2 rings (SSSR count). The van der Waals surface area contributed by atoms with E-state index in [4.69, 9.17) is 34.8 Å². The molecule has 208 valence electrons. The van der Waals surface area contributed by atoms with E-state index < -0.39 is 42.7 Å². The lowest BCUT2D eigenvalue weighted by atomic mass is 9.96. The summed E-state index contributed by atoms with van der Waals surface area (Å²) < 4.78 is 78.6. The standard InChI is InChI=1S/C25H23Cl3F6N2O2/c1-3-4-20(23(38)35-12-24(29,30)31)36-22(37)16-7-5-14(9-13(16)2)6-8-17(25(32,33)34)15-10-18(26)21(28)19(27)11-15/h5-11,17,20H,3-4,12H2,1-2H3,(H,35,38)(H,36,37)/b8-6+/t17?,20-/m1/s1. The van der Waals surface area contributed by atoms with Crippen LogP contribution in [0.1, 0.15) is 52.7 Å². The number of nitrogens with one attached hydrogen (secondary N) is 2. The van der Waals surface area contributed by atoms with E-state index in [1.807, 2.05) is 0 Å². The molecule has 0 aliphatic heterocycles. The van der Waals surface area contributed by atoms with Crippen LogP contribution in [0.4, 0.5) is 26.3 Å². The average Bonchev–Trinajstić information content (AvgIpc) is 2.79. The van der Waals surface area contributed by atoms with Crippen LogP contribution < -0.4 is 10.6 Å². The van der Waals surface area contributed by atoms with Gasteiger partial charge in [0.1, 0.15) is 12.6 Å². The Morgan fingerprint density at radius 3 is 2.11 bits per heavy atom. The van der Waals surface area contributed by atoms with Gasteiger partial charge < -0.3 is 10.6 Å². The van der Waals surface area contributed by atoms with Gasteiger partial charge in [-0.15, -0.1) is 0 Å². The van der Waals surface area contributed by atoms with E-state index in [0.717, 1.165) is 18.2 Å². The molecule has 0 spiro atoms. The Bertz CT molecular complexity index is 1180. The number of benzene rings is 2. The maximum Gasteiger partial charge on any atom is 0.405 e. The predicted molar refractivity (Wildman–Crippen MR) is 136 cm³/mol. The molecule has 0 aromatic heterocycles. The van der Waals surface area contributed by atoms with Crippen molar-refractivity contribution in [1.82, 2.24) is 10.6 Å². The highest BCUT2D eigenvalue weighted by atomic mass is 35.5. The zero-order valence-electron chi connectivity index (χ0n) is 20.0. The first kappa shape index (κ1) is 31.8. The molecule has 0 aliphatic rings. The van der Waals surface area contributed by atoms with Crippen molar-refractivity contribution >= 4 is 52.7 Å². The number of rotatable bonds is 9. The van der Waals surface area contributed by atoms with Gasteiger partial charge in [0.25, 0.3) is 5.91 Å². The Kier molecular flexibility index (Phi) is 10.9. The molecule has 38 heavy (non-hydrogen) atoms. The van der Waals surface area contributed by atoms with Gasteiger partial charge in [0, 0.05) is 5.56 Å². The van der Waals surface area contributed by atoms with Gasteiger partial charge in [-0.25, -0.2) is 0 Å². The number of halogens is 9. The number of allylic oxidation sites excluding steroid dienone is 1. The van der Waals surface area contributed by atoms with Gasteiger partial charge in [-0.3, -0.25) is 9.59 Å². The minimum absolute atomic E-state index is 0.0644. The van der Waals surface area contributed by atoms with Gasteiger partial charge in [-0.05, 0) is 48.2 Å². The normalized spacial score (nSPS) is 13.9. The summed E-state index contributed by atoms with van der Waals surface area (Å²) in [6.07, 6.45) is -6.63. The Morgan fingerprint density at radius 2 is 1.61 bits per heavy atom. The molecule has 0 fully saturated rings. The zero-order valence-corrected chi connectivity index (χ0v) is 22.3. The average molecular weight is 604 g/mol. The molecule has 0 saturated carbocycles. The van der Waals surface area contributed by atoms with Gasteiger partial charge >= 0.3 is 12.4 Å². The van der Waals surface area contributed by atoms with E-state index in [2.05, 4.69) is 5.32 Å².